The Balaban J connectivity index is 1.54. The predicted octanol–water partition coefficient (Wildman–Crippen LogP) is 4.90. The van der Waals surface area contributed by atoms with Gasteiger partial charge in [-0.25, -0.2) is 9.18 Å². The topological polar surface area (TPSA) is 95.5 Å². The van der Waals surface area contributed by atoms with Crippen molar-refractivity contribution < 1.29 is 23.9 Å². The Labute approximate surface area is 182 Å². The summed E-state index contributed by atoms with van der Waals surface area (Å²) < 4.78 is 13.0. The van der Waals surface area contributed by atoms with Crippen LogP contribution in [0.1, 0.15) is 27.6 Å². The lowest BCUT2D eigenvalue weighted by Gasteiger charge is -2.13. The Morgan fingerprint density at radius 1 is 0.806 bits per heavy atom. The summed E-state index contributed by atoms with van der Waals surface area (Å²) in [6.07, 6.45) is 0. The van der Waals surface area contributed by atoms with Crippen LogP contribution in [-0.4, -0.2) is 28.1 Å². The number of carbonyl (C=O) groups is 3. The maximum atomic E-state index is 13.0. The SMILES string of the molecule is CC(Sc1ccc(NC(=O)c2ccc(F)cc2)cc1)C(=O)Nc1ccc(C(=O)O)cc1. The van der Waals surface area contributed by atoms with Gasteiger partial charge in [0.15, 0.2) is 0 Å². The van der Waals surface area contributed by atoms with Crippen molar-refractivity contribution in [3.63, 3.8) is 0 Å². The van der Waals surface area contributed by atoms with Crippen molar-refractivity contribution in [1.82, 2.24) is 0 Å². The van der Waals surface area contributed by atoms with E-state index in [1.54, 1.807) is 31.2 Å². The fourth-order valence-corrected chi connectivity index (χ4v) is 3.49. The molecule has 2 amide bonds. The van der Waals surface area contributed by atoms with Crippen LogP contribution in [-0.2, 0) is 4.79 Å². The molecule has 1 unspecified atom stereocenters. The van der Waals surface area contributed by atoms with Gasteiger partial charge in [0, 0.05) is 21.8 Å². The van der Waals surface area contributed by atoms with Gasteiger partial charge in [-0.15, -0.1) is 11.8 Å². The number of carbonyl (C=O) groups excluding carboxylic acids is 2. The summed E-state index contributed by atoms with van der Waals surface area (Å²) in [7, 11) is 0. The molecule has 0 aromatic heterocycles. The summed E-state index contributed by atoms with van der Waals surface area (Å²) in [5, 5.41) is 14.0. The second-order valence-electron chi connectivity index (χ2n) is 6.62. The lowest BCUT2D eigenvalue weighted by Crippen LogP contribution is -2.22. The molecule has 3 aromatic carbocycles. The Bertz CT molecular complexity index is 1080. The van der Waals surface area contributed by atoms with Gasteiger partial charge in [-0.3, -0.25) is 9.59 Å². The molecule has 31 heavy (non-hydrogen) atoms. The van der Waals surface area contributed by atoms with Gasteiger partial charge in [0.1, 0.15) is 5.82 Å². The molecular weight excluding hydrogens is 419 g/mol. The van der Waals surface area contributed by atoms with E-state index in [2.05, 4.69) is 10.6 Å². The summed E-state index contributed by atoms with van der Waals surface area (Å²) in [4.78, 5) is 36.3. The highest BCUT2D eigenvalue weighted by Crippen LogP contribution is 2.26. The molecule has 3 rings (SSSR count). The second kappa shape index (κ2) is 9.90. The number of hydrogen-bond donors (Lipinski definition) is 3. The normalized spacial score (nSPS) is 11.4. The minimum absolute atomic E-state index is 0.145. The fourth-order valence-electron chi connectivity index (χ4n) is 2.62. The lowest BCUT2D eigenvalue weighted by molar-refractivity contribution is -0.115. The highest BCUT2D eigenvalue weighted by Gasteiger charge is 2.15. The van der Waals surface area contributed by atoms with Crippen molar-refractivity contribution >= 4 is 40.9 Å². The standard InChI is InChI=1S/C23H19FN2O4S/c1-14(21(27)25-18-8-4-16(5-9-18)23(29)30)31-20-12-10-19(11-13-20)26-22(28)15-2-6-17(24)7-3-15/h2-14H,1H3,(H,25,27)(H,26,28)(H,29,30). The quantitative estimate of drug-likeness (QED) is 0.456. The Morgan fingerprint density at radius 3 is 1.90 bits per heavy atom. The smallest absolute Gasteiger partial charge is 0.335 e. The largest absolute Gasteiger partial charge is 0.478 e. The number of carboxylic acids is 1. The van der Waals surface area contributed by atoms with Gasteiger partial charge >= 0.3 is 5.97 Å². The summed E-state index contributed by atoms with van der Waals surface area (Å²) in [5.41, 5.74) is 1.59. The lowest BCUT2D eigenvalue weighted by atomic mass is 10.2. The summed E-state index contributed by atoms with van der Waals surface area (Å²) >= 11 is 1.34. The van der Waals surface area contributed by atoms with Gasteiger partial charge in [0.05, 0.1) is 10.8 Å². The summed E-state index contributed by atoms with van der Waals surface area (Å²) in [6.45, 7) is 1.76. The molecular formula is C23H19FN2O4S. The third kappa shape index (κ3) is 6.16. The molecule has 3 aromatic rings. The average Bonchev–Trinajstić information content (AvgIpc) is 2.76. The van der Waals surface area contributed by atoms with E-state index >= 15 is 0 Å². The number of benzene rings is 3. The predicted molar refractivity (Wildman–Crippen MR) is 118 cm³/mol. The summed E-state index contributed by atoms with van der Waals surface area (Å²) in [5.74, 6) is -2.00. The summed E-state index contributed by atoms with van der Waals surface area (Å²) in [6, 6.07) is 18.2. The second-order valence-corrected chi connectivity index (χ2v) is 8.03. The molecule has 0 saturated heterocycles. The number of carboxylic acid groups (broad SMARTS) is 1. The molecule has 0 aliphatic rings. The van der Waals surface area contributed by atoms with Gasteiger partial charge < -0.3 is 15.7 Å². The van der Waals surface area contributed by atoms with Crippen LogP contribution in [0, 0.1) is 5.82 Å². The number of anilines is 2. The zero-order chi connectivity index (χ0) is 22.4. The van der Waals surface area contributed by atoms with Crippen molar-refractivity contribution in [2.24, 2.45) is 0 Å². The van der Waals surface area contributed by atoms with Crippen LogP contribution in [0.5, 0.6) is 0 Å². The molecule has 0 heterocycles. The van der Waals surface area contributed by atoms with Crippen molar-refractivity contribution in [1.29, 1.82) is 0 Å². The van der Waals surface area contributed by atoms with E-state index < -0.39 is 17.0 Å². The van der Waals surface area contributed by atoms with Gasteiger partial charge in [0.25, 0.3) is 5.91 Å². The maximum Gasteiger partial charge on any atom is 0.335 e. The third-order valence-corrected chi connectivity index (χ3v) is 5.41. The van der Waals surface area contributed by atoms with Crippen LogP contribution in [0.3, 0.4) is 0 Å². The zero-order valence-corrected chi connectivity index (χ0v) is 17.3. The van der Waals surface area contributed by atoms with E-state index in [0.29, 0.717) is 16.9 Å². The number of thioether (sulfide) groups is 1. The molecule has 158 valence electrons. The van der Waals surface area contributed by atoms with E-state index in [4.69, 9.17) is 5.11 Å². The Hall–Kier alpha value is -3.65. The monoisotopic (exact) mass is 438 g/mol. The molecule has 0 aliphatic heterocycles. The van der Waals surface area contributed by atoms with Gasteiger partial charge in [-0.05, 0) is 79.7 Å². The van der Waals surface area contributed by atoms with Crippen molar-refractivity contribution in [2.45, 2.75) is 17.1 Å². The van der Waals surface area contributed by atoms with Crippen LogP contribution in [0.15, 0.2) is 77.7 Å². The van der Waals surface area contributed by atoms with Crippen LogP contribution >= 0.6 is 11.8 Å². The number of nitrogens with one attached hydrogen (secondary N) is 2. The van der Waals surface area contributed by atoms with Gasteiger partial charge in [0.2, 0.25) is 5.91 Å². The molecule has 3 N–H and O–H groups in total. The van der Waals surface area contributed by atoms with Crippen molar-refractivity contribution in [3.8, 4) is 0 Å². The van der Waals surface area contributed by atoms with E-state index in [1.165, 1.54) is 60.3 Å². The number of amides is 2. The first-order valence-electron chi connectivity index (χ1n) is 9.29. The van der Waals surface area contributed by atoms with E-state index in [1.807, 2.05) is 0 Å². The van der Waals surface area contributed by atoms with Crippen molar-refractivity contribution in [2.75, 3.05) is 10.6 Å². The van der Waals surface area contributed by atoms with E-state index in [9.17, 15) is 18.8 Å². The van der Waals surface area contributed by atoms with Crippen molar-refractivity contribution in [3.05, 3.63) is 89.7 Å². The molecule has 6 nitrogen and oxygen atoms in total. The molecule has 0 aliphatic carbocycles. The number of rotatable bonds is 7. The first kappa shape index (κ1) is 22.0. The Morgan fingerprint density at radius 2 is 1.32 bits per heavy atom. The number of aromatic carboxylic acids is 1. The molecule has 8 heteroatoms. The number of halogens is 1. The minimum Gasteiger partial charge on any atom is -0.478 e. The highest BCUT2D eigenvalue weighted by atomic mass is 32.2. The molecule has 1 atom stereocenters. The van der Waals surface area contributed by atoms with Crippen LogP contribution < -0.4 is 10.6 Å². The molecule has 0 radical (unpaired) electrons. The minimum atomic E-state index is -1.03. The molecule has 0 saturated carbocycles. The van der Waals surface area contributed by atoms with Crippen LogP contribution in [0.2, 0.25) is 0 Å². The van der Waals surface area contributed by atoms with Gasteiger partial charge in [-0.2, -0.15) is 0 Å². The molecule has 0 bridgehead atoms. The third-order valence-electron chi connectivity index (χ3n) is 4.30. The van der Waals surface area contributed by atoms with Gasteiger partial charge in [-0.1, -0.05) is 0 Å². The van der Waals surface area contributed by atoms with Crippen LogP contribution in [0.4, 0.5) is 15.8 Å². The molecule has 0 spiro atoms. The van der Waals surface area contributed by atoms with E-state index in [0.717, 1.165) is 4.90 Å². The van der Waals surface area contributed by atoms with Crippen LogP contribution in [0.25, 0.3) is 0 Å². The highest BCUT2D eigenvalue weighted by molar-refractivity contribution is 8.00. The van der Waals surface area contributed by atoms with E-state index in [-0.39, 0.29) is 17.4 Å². The Kier molecular flexibility index (Phi) is 7.04. The number of hydrogen-bond acceptors (Lipinski definition) is 4. The maximum absolute atomic E-state index is 13.0. The average molecular weight is 438 g/mol. The zero-order valence-electron chi connectivity index (χ0n) is 16.5. The molecule has 0 fully saturated rings. The first-order chi connectivity index (χ1) is 14.8. The fraction of sp³-hybridized carbons (Fsp3) is 0.0870. The first-order valence-corrected chi connectivity index (χ1v) is 10.2.